The van der Waals surface area contributed by atoms with Crippen LogP contribution >= 0.6 is 0 Å². The third-order valence-electron chi connectivity index (χ3n) is 12.0. The summed E-state index contributed by atoms with van der Waals surface area (Å²) in [5, 5.41) is 9.63. The number of aliphatic imine (C=N–C) groups is 1. The molecule has 11 rings (SSSR count). The Morgan fingerprint density at radius 3 is 1.84 bits per heavy atom. The van der Waals surface area contributed by atoms with Gasteiger partial charge in [0.1, 0.15) is 17.0 Å². The van der Waals surface area contributed by atoms with Crippen molar-refractivity contribution in [2.45, 2.75) is 6.42 Å². The Hall–Kier alpha value is -8.01. The van der Waals surface area contributed by atoms with Crippen LogP contribution in [0.2, 0.25) is 0 Å². The van der Waals surface area contributed by atoms with Crippen molar-refractivity contribution in [3.63, 3.8) is 0 Å². The molecule has 11 aromatic rings. The van der Waals surface area contributed by atoms with Crippen LogP contribution in [0.25, 0.3) is 93.3 Å². The van der Waals surface area contributed by atoms with Gasteiger partial charge in [0.05, 0.1) is 5.70 Å². The molecule has 0 radical (unpaired) electrons. The molecule has 0 aliphatic rings. The first kappa shape index (κ1) is 36.1. The molecule has 10 aromatic carbocycles. The molecule has 0 unspecified atom stereocenters. The number of hydrogen-bond donors (Lipinski definition) is 1. The summed E-state index contributed by atoms with van der Waals surface area (Å²) in [7, 11) is 0. The maximum absolute atomic E-state index is 6.79. The minimum Gasteiger partial charge on any atom is -0.456 e. The van der Waals surface area contributed by atoms with Crippen LogP contribution in [-0.2, 0) is 6.42 Å². The highest BCUT2D eigenvalue weighted by Crippen LogP contribution is 2.46. The van der Waals surface area contributed by atoms with Crippen LogP contribution in [0.15, 0.2) is 228 Å². The molecule has 0 fully saturated rings. The second kappa shape index (κ2) is 15.3. The fourth-order valence-electron chi connectivity index (χ4n) is 9.17. The third kappa shape index (κ3) is 6.44. The average molecular weight is 781 g/mol. The molecule has 0 atom stereocenters. The van der Waals surface area contributed by atoms with Crippen LogP contribution in [0, 0.1) is 0 Å². The van der Waals surface area contributed by atoms with Gasteiger partial charge in [-0.25, -0.2) is 4.99 Å². The van der Waals surface area contributed by atoms with Crippen molar-refractivity contribution in [3.8, 4) is 33.4 Å². The summed E-state index contributed by atoms with van der Waals surface area (Å²) >= 11 is 0. The molecule has 1 aromatic heterocycles. The van der Waals surface area contributed by atoms with E-state index in [0.29, 0.717) is 12.3 Å². The fraction of sp³-hybridized carbons (Fsp3) is 0.0172. The van der Waals surface area contributed by atoms with Gasteiger partial charge < -0.3 is 10.2 Å². The molecule has 61 heavy (non-hydrogen) atoms. The summed E-state index contributed by atoms with van der Waals surface area (Å²) < 4.78 is 6.29. The normalized spacial score (nSPS) is 12.3. The van der Waals surface area contributed by atoms with Crippen molar-refractivity contribution < 1.29 is 4.42 Å². The molecule has 2 N–H and O–H groups in total. The van der Waals surface area contributed by atoms with Crippen LogP contribution < -0.4 is 5.73 Å². The Labute approximate surface area is 354 Å². The van der Waals surface area contributed by atoms with E-state index < -0.39 is 0 Å². The van der Waals surface area contributed by atoms with Gasteiger partial charge in [-0.3, -0.25) is 0 Å². The van der Waals surface area contributed by atoms with Crippen molar-refractivity contribution in [3.05, 3.63) is 235 Å². The maximum atomic E-state index is 6.79. The number of furan rings is 1. The van der Waals surface area contributed by atoms with Gasteiger partial charge in [0.2, 0.25) is 0 Å². The zero-order chi connectivity index (χ0) is 40.7. The van der Waals surface area contributed by atoms with E-state index in [1.807, 2.05) is 42.5 Å². The molecule has 0 aliphatic heterocycles. The van der Waals surface area contributed by atoms with Gasteiger partial charge in [-0.15, -0.1) is 0 Å². The minimum absolute atomic E-state index is 0.471. The van der Waals surface area contributed by atoms with E-state index in [9.17, 15) is 0 Å². The Kier molecular flexibility index (Phi) is 9.05. The highest BCUT2D eigenvalue weighted by Gasteiger charge is 2.19. The number of rotatable bonds is 8. The number of para-hydroxylation sites is 1. The molecule has 3 heteroatoms. The van der Waals surface area contributed by atoms with E-state index >= 15 is 0 Å². The Morgan fingerprint density at radius 2 is 1.03 bits per heavy atom. The maximum Gasteiger partial charge on any atom is 0.136 e. The van der Waals surface area contributed by atoms with Crippen LogP contribution in [-0.4, -0.2) is 5.84 Å². The largest absolute Gasteiger partial charge is 0.456 e. The molecule has 0 saturated carbocycles. The van der Waals surface area contributed by atoms with Crippen LogP contribution in [0.1, 0.15) is 16.7 Å². The molecular weight excluding hydrogens is 741 g/mol. The SMILES string of the molecule is NC(=N/C(=C\Cc1ccccc1-c1cccc2oc3ccccc3c12)c1ccc(-c2c3ccccc3c(-c3ccccc3)c3ccc4ccccc4c23)cc1)c1ccccc1. The molecule has 0 aliphatic carbocycles. The number of benzene rings is 10. The monoisotopic (exact) mass is 780 g/mol. The summed E-state index contributed by atoms with van der Waals surface area (Å²) in [5.74, 6) is 0.471. The number of nitrogens with zero attached hydrogens (tertiary/aromatic N) is 1. The second-order valence-corrected chi connectivity index (χ2v) is 15.5. The lowest BCUT2D eigenvalue weighted by atomic mass is 9.84. The standard InChI is InChI=1S/C58H40N2O/c59-58(43-20-5-2-6-21-43)60-51(37-35-38-16-7-9-22-44(38)46-27-15-29-53-56(46)49-26-13-14-28-52(49)61-53)40-30-32-42(33-31-40)55-48-25-12-11-24-47(48)54(41-18-3-1-4-19-41)50-36-34-39-17-8-10-23-45(39)57(50)55/h1-34,36-37H,35H2,(H2,59,60)/b51-37-. The summed E-state index contributed by atoms with van der Waals surface area (Å²) in [4.78, 5) is 5.15. The van der Waals surface area contributed by atoms with Crippen molar-refractivity contribution in [2.24, 2.45) is 10.7 Å². The average Bonchev–Trinajstić information content (AvgIpc) is 3.72. The molecule has 1 heterocycles. The van der Waals surface area contributed by atoms with Crippen molar-refractivity contribution in [1.29, 1.82) is 0 Å². The van der Waals surface area contributed by atoms with Gasteiger partial charge >= 0.3 is 0 Å². The van der Waals surface area contributed by atoms with E-state index in [2.05, 4.69) is 176 Å². The summed E-state index contributed by atoms with van der Waals surface area (Å²) in [5.41, 5.74) is 19.6. The van der Waals surface area contributed by atoms with Gasteiger partial charge in [-0.1, -0.05) is 206 Å². The Morgan fingerprint density at radius 1 is 0.426 bits per heavy atom. The second-order valence-electron chi connectivity index (χ2n) is 15.5. The van der Waals surface area contributed by atoms with Crippen LogP contribution in [0.5, 0.6) is 0 Å². The molecule has 0 saturated heterocycles. The minimum atomic E-state index is 0.471. The number of amidine groups is 1. The summed E-state index contributed by atoms with van der Waals surface area (Å²) in [6, 6.07) is 75.0. The molecular formula is C58H40N2O. The van der Waals surface area contributed by atoms with Crippen LogP contribution in [0.4, 0.5) is 0 Å². The quantitative estimate of drug-likeness (QED) is 0.0722. The Bertz CT molecular complexity index is 3490. The third-order valence-corrected chi connectivity index (χ3v) is 12.0. The van der Waals surface area contributed by atoms with E-state index in [0.717, 1.165) is 55.5 Å². The Balaban J connectivity index is 1.07. The van der Waals surface area contributed by atoms with Crippen molar-refractivity contribution in [2.75, 3.05) is 0 Å². The summed E-state index contributed by atoms with van der Waals surface area (Å²) in [6.07, 6.45) is 2.86. The van der Waals surface area contributed by atoms with E-state index in [4.69, 9.17) is 15.1 Å². The van der Waals surface area contributed by atoms with E-state index in [1.165, 1.54) is 54.6 Å². The van der Waals surface area contributed by atoms with E-state index in [-0.39, 0.29) is 0 Å². The molecule has 0 spiro atoms. The lowest BCUT2D eigenvalue weighted by Gasteiger charge is -2.19. The van der Waals surface area contributed by atoms with Gasteiger partial charge in [-0.05, 0) is 95.4 Å². The van der Waals surface area contributed by atoms with Gasteiger partial charge in [0, 0.05) is 16.3 Å². The molecule has 288 valence electrons. The fourth-order valence-corrected chi connectivity index (χ4v) is 9.17. The first-order valence-corrected chi connectivity index (χ1v) is 20.8. The zero-order valence-corrected chi connectivity index (χ0v) is 33.4. The first-order chi connectivity index (χ1) is 30.2. The lowest BCUT2D eigenvalue weighted by Crippen LogP contribution is -2.13. The number of hydrogen-bond acceptors (Lipinski definition) is 2. The van der Waals surface area contributed by atoms with Crippen molar-refractivity contribution in [1.82, 2.24) is 0 Å². The number of allylic oxidation sites excluding steroid dienone is 1. The highest BCUT2D eigenvalue weighted by molar-refractivity contribution is 6.28. The van der Waals surface area contributed by atoms with Gasteiger partial charge in [-0.2, -0.15) is 0 Å². The molecule has 3 nitrogen and oxygen atoms in total. The predicted octanol–water partition coefficient (Wildman–Crippen LogP) is 15.0. The smallest absolute Gasteiger partial charge is 0.136 e. The van der Waals surface area contributed by atoms with Gasteiger partial charge in [0.15, 0.2) is 0 Å². The highest BCUT2D eigenvalue weighted by atomic mass is 16.3. The first-order valence-electron chi connectivity index (χ1n) is 20.8. The van der Waals surface area contributed by atoms with Gasteiger partial charge in [0.25, 0.3) is 0 Å². The predicted molar refractivity (Wildman–Crippen MR) is 258 cm³/mol. The topological polar surface area (TPSA) is 51.5 Å². The number of fused-ring (bicyclic) bond motifs is 7. The van der Waals surface area contributed by atoms with Crippen molar-refractivity contribution >= 4 is 65.8 Å². The zero-order valence-electron chi connectivity index (χ0n) is 33.4. The number of nitrogens with two attached hydrogens (primary N) is 1. The lowest BCUT2D eigenvalue weighted by molar-refractivity contribution is 0.669. The van der Waals surface area contributed by atoms with Crippen LogP contribution in [0.3, 0.4) is 0 Å². The summed E-state index contributed by atoms with van der Waals surface area (Å²) in [6.45, 7) is 0. The molecule has 0 amide bonds. The van der Waals surface area contributed by atoms with E-state index in [1.54, 1.807) is 0 Å². The molecule has 0 bridgehead atoms.